The summed E-state index contributed by atoms with van der Waals surface area (Å²) in [5.41, 5.74) is 6.42. The number of halogens is 3. The summed E-state index contributed by atoms with van der Waals surface area (Å²) in [6, 6.07) is 14.5. The van der Waals surface area contributed by atoms with Gasteiger partial charge in [-0.3, -0.25) is 4.90 Å². The van der Waals surface area contributed by atoms with E-state index in [-0.39, 0.29) is 18.2 Å². The van der Waals surface area contributed by atoms with Crippen molar-refractivity contribution in [1.29, 1.82) is 0 Å². The molecule has 6 rings (SSSR count). The van der Waals surface area contributed by atoms with Gasteiger partial charge in [0.05, 0.1) is 7.11 Å². The molecule has 0 saturated carbocycles. The van der Waals surface area contributed by atoms with Crippen molar-refractivity contribution in [2.45, 2.75) is 32.0 Å². The topological polar surface area (TPSA) is 37.5 Å². The van der Waals surface area contributed by atoms with Gasteiger partial charge in [-0.05, 0) is 65.4 Å². The molecule has 2 aliphatic heterocycles. The third-order valence-corrected chi connectivity index (χ3v) is 6.99. The van der Waals surface area contributed by atoms with Gasteiger partial charge in [0.2, 0.25) is 0 Å². The Bertz CT molecular complexity index is 1390. The fourth-order valence-electron chi connectivity index (χ4n) is 5.33. The Morgan fingerprint density at radius 2 is 1.82 bits per heavy atom. The van der Waals surface area contributed by atoms with Crippen molar-refractivity contribution in [2.24, 2.45) is 0 Å². The molecular formula is C27H23F3N2O2. The molecule has 1 N–H and O–H groups in total. The van der Waals surface area contributed by atoms with Crippen LogP contribution in [0.2, 0.25) is 0 Å². The van der Waals surface area contributed by atoms with Crippen LogP contribution in [0.1, 0.15) is 34.0 Å². The van der Waals surface area contributed by atoms with Crippen LogP contribution in [0.5, 0.6) is 11.5 Å². The van der Waals surface area contributed by atoms with Crippen molar-refractivity contribution in [3.05, 3.63) is 93.9 Å². The van der Waals surface area contributed by atoms with Crippen LogP contribution in [-0.4, -0.2) is 23.5 Å². The molecule has 3 aromatic carbocycles. The fourth-order valence-corrected chi connectivity index (χ4v) is 5.33. The standard InChI is InChI=1S/C27H23F3N2O2/c1-33-25-12-18-16(10-26(25)34-14-15-8-20(28)27(30)21(29)9-15)6-7-32-13-23-19(11-24(18)32)17-4-2-3-5-22(17)31-23/h2-5,8-10,12,24,31H,6-7,11,13-14H2,1H3. The Labute approximate surface area is 194 Å². The molecule has 0 radical (unpaired) electrons. The second-order valence-corrected chi connectivity index (χ2v) is 8.93. The number of aromatic nitrogens is 1. The van der Waals surface area contributed by atoms with Gasteiger partial charge in [-0.25, -0.2) is 13.2 Å². The lowest BCUT2D eigenvalue weighted by molar-refractivity contribution is 0.158. The highest BCUT2D eigenvalue weighted by molar-refractivity contribution is 5.85. The average Bonchev–Trinajstić information content (AvgIpc) is 3.21. The van der Waals surface area contributed by atoms with Gasteiger partial charge in [0.1, 0.15) is 6.61 Å². The second-order valence-electron chi connectivity index (χ2n) is 8.93. The zero-order valence-corrected chi connectivity index (χ0v) is 18.6. The Hall–Kier alpha value is -3.45. The first kappa shape index (κ1) is 21.1. The highest BCUT2D eigenvalue weighted by atomic mass is 19.2. The normalized spacial score (nSPS) is 17.2. The number of ether oxygens (including phenoxy) is 2. The minimum absolute atomic E-state index is 0.0997. The fraction of sp³-hybridized carbons (Fsp3) is 0.259. The second kappa shape index (κ2) is 8.09. The Morgan fingerprint density at radius 1 is 1.03 bits per heavy atom. The molecule has 7 heteroatoms. The maximum absolute atomic E-state index is 13.6. The van der Waals surface area contributed by atoms with E-state index in [9.17, 15) is 13.2 Å². The largest absolute Gasteiger partial charge is 0.493 e. The summed E-state index contributed by atoms with van der Waals surface area (Å²) in [6.07, 6.45) is 1.77. The Balaban J connectivity index is 1.31. The third kappa shape index (κ3) is 3.42. The molecule has 0 fully saturated rings. The molecule has 0 aliphatic carbocycles. The van der Waals surface area contributed by atoms with Gasteiger partial charge in [-0.1, -0.05) is 18.2 Å². The minimum Gasteiger partial charge on any atom is -0.493 e. The molecule has 0 bridgehead atoms. The molecule has 34 heavy (non-hydrogen) atoms. The van der Waals surface area contributed by atoms with Crippen LogP contribution in [0.4, 0.5) is 13.2 Å². The molecule has 4 nitrogen and oxygen atoms in total. The van der Waals surface area contributed by atoms with Crippen LogP contribution in [0.15, 0.2) is 48.5 Å². The number of fused-ring (bicyclic) bond motifs is 6. The number of hydrogen-bond acceptors (Lipinski definition) is 3. The zero-order valence-electron chi connectivity index (χ0n) is 18.6. The molecule has 0 saturated heterocycles. The number of hydrogen-bond donors (Lipinski definition) is 1. The molecule has 2 aliphatic rings. The summed E-state index contributed by atoms with van der Waals surface area (Å²) < 4.78 is 51.9. The minimum atomic E-state index is -1.48. The third-order valence-electron chi connectivity index (χ3n) is 6.99. The number of nitrogens with zero attached hydrogens (tertiary/aromatic N) is 1. The van der Waals surface area contributed by atoms with E-state index in [1.165, 1.54) is 33.3 Å². The lowest BCUT2D eigenvalue weighted by Crippen LogP contribution is -2.39. The van der Waals surface area contributed by atoms with Crippen LogP contribution in [0.25, 0.3) is 10.9 Å². The number of methoxy groups -OCH3 is 1. The lowest BCUT2D eigenvalue weighted by Gasteiger charge is -2.40. The molecular weight excluding hydrogens is 441 g/mol. The quantitative estimate of drug-likeness (QED) is 0.386. The summed E-state index contributed by atoms with van der Waals surface area (Å²) in [5, 5.41) is 1.27. The number of benzene rings is 3. The highest BCUT2D eigenvalue weighted by Gasteiger charge is 2.34. The summed E-state index contributed by atoms with van der Waals surface area (Å²) >= 11 is 0. The number of para-hydroxylation sites is 1. The molecule has 1 aromatic heterocycles. The van der Waals surface area contributed by atoms with Crippen LogP contribution < -0.4 is 9.47 Å². The van der Waals surface area contributed by atoms with Crippen molar-refractivity contribution in [3.8, 4) is 11.5 Å². The smallest absolute Gasteiger partial charge is 0.194 e. The van der Waals surface area contributed by atoms with E-state index in [1.54, 1.807) is 7.11 Å². The van der Waals surface area contributed by atoms with E-state index in [1.807, 2.05) is 18.2 Å². The van der Waals surface area contributed by atoms with Crippen molar-refractivity contribution < 1.29 is 22.6 Å². The average molecular weight is 464 g/mol. The van der Waals surface area contributed by atoms with Gasteiger partial charge in [0.15, 0.2) is 29.0 Å². The SMILES string of the molecule is COc1cc2c(cc1OCc1cc(F)c(F)c(F)c1)CCN1Cc3[nH]c4ccccc4c3CC21. The molecule has 1 unspecified atom stereocenters. The summed E-state index contributed by atoms with van der Waals surface area (Å²) in [4.78, 5) is 6.08. The number of nitrogens with one attached hydrogen (secondary N) is 1. The van der Waals surface area contributed by atoms with Gasteiger partial charge in [-0.15, -0.1) is 0 Å². The van der Waals surface area contributed by atoms with Gasteiger partial charge in [-0.2, -0.15) is 0 Å². The van der Waals surface area contributed by atoms with Gasteiger partial charge < -0.3 is 14.5 Å². The maximum atomic E-state index is 13.6. The Kier molecular flexibility index (Phi) is 5.03. The summed E-state index contributed by atoms with van der Waals surface area (Å²) in [5.74, 6) is -2.88. The van der Waals surface area contributed by atoms with Crippen molar-refractivity contribution in [1.82, 2.24) is 9.88 Å². The number of rotatable bonds is 4. The molecule has 0 amide bonds. The Morgan fingerprint density at radius 3 is 2.62 bits per heavy atom. The monoisotopic (exact) mass is 464 g/mol. The van der Waals surface area contributed by atoms with Crippen LogP contribution in [0, 0.1) is 17.5 Å². The van der Waals surface area contributed by atoms with Crippen LogP contribution in [0.3, 0.4) is 0 Å². The summed E-state index contributed by atoms with van der Waals surface area (Å²) in [7, 11) is 1.57. The maximum Gasteiger partial charge on any atom is 0.194 e. The first-order valence-electron chi connectivity index (χ1n) is 11.3. The van der Waals surface area contributed by atoms with Gasteiger partial charge in [0, 0.05) is 35.7 Å². The van der Waals surface area contributed by atoms with E-state index in [2.05, 4.69) is 28.1 Å². The van der Waals surface area contributed by atoms with E-state index in [4.69, 9.17) is 9.47 Å². The zero-order chi connectivity index (χ0) is 23.4. The predicted octanol–water partition coefficient (Wildman–Crippen LogP) is 5.83. The van der Waals surface area contributed by atoms with Gasteiger partial charge >= 0.3 is 0 Å². The van der Waals surface area contributed by atoms with Crippen molar-refractivity contribution >= 4 is 10.9 Å². The molecule has 1 atom stereocenters. The van der Waals surface area contributed by atoms with Crippen LogP contribution >= 0.6 is 0 Å². The first-order valence-corrected chi connectivity index (χ1v) is 11.3. The molecule has 0 spiro atoms. The molecule has 3 heterocycles. The number of H-pyrrole nitrogens is 1. The van der Waals surface area contributed by atoms with Crippen molar-refractivity contribution in [2.75, 3.05) is 13.7 Å². The summed E-state index contributed by atoms with van der Waals surface area (Å²) in [6.45, 7) is 1.69. The predicted molar refractivity (Wildman–Crippen MR) is 122 cm³/mol. The van der Waals surface area contributed by atoms with E-state index in [0.717, 1.165) is 38.1 Å². The first-order chi connectivity index (χ1) is 16.5. The van der Waals surface area contributed by atoms with Gasteiger partial charge in [0.25, 0.3) is 0 Å². The van der Waals surface area contributed by atoms with E-state index >= 15 is 0 Å². The lowest BCUT2D eigenvalue weighted by atomic mass is 9.85. The highest BCUT2D eigenvalue weighted by Crippen LogP contribution is 2.44. The number of aromatic amines is 1. The van der Waals surface area contributed by atoms with E-state index < -0.39 is 17.5 Å². The van der Waals surface area contributed by atoms with E-state index in [0.29, 0.717) is 11.5 Å². The van der Waals surface area contributed by atoms with Crippen molar-refractivity contribution in [3.63, 3.8) is 0 Å². The molecule has 174 valence electrons. The molecule has 4 aromatic rings. The van der Waals surface area contributed by atoms with Crippen LogP contribution in [-0.2, 0) is 26.0 Å².